The topological polar surface area (TPSA) is 71.1 Å². The normalized spacial score (nSPS) is 28.2. The minimum absolute atomic E-state index is 0.197. The van der Waals surface area contributed by atoms with Crippen LogP contribution in [0.5, 0.6) is 0 Å². The lowest BCUT2D eigenvalue weighted by Crippen LogP contribution is -2.41. The van der Waals surface area contributed by atoms with Gasteiger partial charge in [0.25, 0.3) is 5.56 Å². The average molecular weight is 386 g/mol. The first kappa shape index (κ1) is 18.2. The minimum atomic E-state index is -0.254. The Morgan fingerprint density at radius 3 is 2.71 bits per heavy atom. The number of ether oxygens (including phenoxy) is 1. The molecule has 7 nitrogen and oxygen atoms in total. The molecule has 3 atom stereocenters. The summed E-state index contributed by atoms with van der Waals surface area (Å²) >= 11 is 0. The van der Waals surface area contributed by atoms with E-state index in [1.165, 1.54) is 43.1 Å². The van der Waals surface area contributed by atoms with Gasteiger partial charge in [-0.15, -0.1) is 0 Å². The Bertz CT molecular complexity index is 976. The molecule has 2 aromatic heterocycles. The van der Waals surface area contributed by atoms with Crippen molar-refractivity contribution in [3.63, 3.8) is 0 Å². The van der Waals surface area contributed by atoms with Gasteiger partial charge in [-0.1, -0.05) is 32.1 Å². The molecule has 0 spiro atoms. The van der Waals surface area contributed by atoms with Gasteiger partial charge in [0.2, 0.25) is 0 Å². The number of hydrogen-bond donors (Lipinski definition) is 0. The lowest BCUT2D eigenvalue weighted by atomic mass is 9.85. The third-order valence-corrected chi connectivity index (χ3v) is 7.25. The van der Waals surface area contributed by atoms with Crippen molar-refractivity contribution in [2.45, 2.75) is 58.0 Å². The fourth-order valence-corrected chi connectivity index (χ4v) is 5.47. The van der Waals surface area contributed by atoms with Crippen molar-refractivity contribution in [3.8, 4) is 0 Å². The summed E-state index contributed by atoms with van der Waals surface area (Å²) in [5, 5.41) is 4.51. The van der Waals surface area contributed by atoms with Crippen LogP contribution in [0.4, 0.5) is 0 Å². The highest BCUT2D eigenvalue weighted by Gasteiger charge is 2.43. The quantitative estimate of drug-likeness (QED) is 0.789. The van der Waals surface area contributed by atoms with E-state index in [1.54, 1.807) is 17.8 Å². The van der Waals surface area contributed by atoms with Crippen LogP contribution in [0.25, 0.3) is 11.0 Å². The molecule has 0 radical (unpaired) electrons. The smallest absolute Gasteiger partial charge is 0.331 e. The van der Waals surface area contributed by atoms with E-state index in [0.717, 1.165) is 24.8 Å². The van der Waals surface area contributed by atoms with Crippen LogP contribution in [-0.2, 0) is 24.9 Å². The molecule has 5 rings (SSSR count). The molecule has 3 unspecified atom stereocenters. The third kappa shape index (κ3) is 3.13. The Labute approximate surface area is 164 Å². The number of rotatable bonds is 5. The maximum absolute atomic E-state index is 13.2. The average Bonchev–Trinajstić information content (AvgIpc) is 3.09. The van der Waals surface area contributed by atoms with Crippen LogP contribution >= 0.6 is 0 Å². The van der Waals surface area contributed by atoms with Crippen LogP contribution < -0.4 is 11.2 Å². The Hall–Kier alpha value is -1.89. The van der Waals surface area contributed by atoms with Gasteiger partial charge in [0.15, 0.2) is 5.52 Å². The molecular formula is C21H30N4O3. The first-order chi connectivity index (χ1) is 13.6. The summed E-state index contributed by atoms with van der Waals surface area (Å²) in [4.78, 5) is 25.9. The van der Waals surface area contributed by atoms with E-state index in [2.05, 4.69) is 5.10 Å². The third-order valence-electron chi connectivity index (χ3n) is 7.25. The molecule has 0 aromatic carbocycles. The lowest BCUT2D eigenvalue weighted by molar-refractivity contribution is 0.182. The molecule has 1 saturated heterocycles. The van der Waals surface area contributed by atoms with Crippen LogP contribution in [-0.4, -0.2) is 32.1 Å². The largest absolute Gasteiger partial charge is 0.381 e. The maximum atomic E-state index is 13.2. The number of nitrogens with zero attached hydrogens (tertiary/aromatic N) is 4. The molecule has 2 aromatic rings. The Morgan fingerprint density at radius 1 is 1.14 bits per heavy atom. The number of hydrogen-bond acceptors (Lipinski definition) is 4. The predicted octanol–water partition coefficient (Wildman–Crippen LogP) is 2.15. The molecule has 1 aliphatic heterocycles. The van der Waals surface area contributed by atoms with Crippen molar-refractivity contribution in [1.29, 1.82) is 0 Å². The Kier molecular flexibility index (Phi) is 4.65. The van der Waals surface area contributed by atoms with Gasteiger partial charge in [-0.05, 0) is 30.6 Å². The predicted molar refractivity (Wildman–Crippen MR) is 106 cm³/mol. The molecule has 3 fully saturated rings. The van der Waals surface area contributed by atoms with Crippen LogP contribution in [0, 0.1) is 23.7 Å². The monoisotopic (exact) mass is 386 g/mol. The second kappa shape index (κ2) is 7.17. The van der Waals surface area contributed by atoms with Crippen LogP contribution in [0.15, 0.2) is 15.8 Å². The molecule has 0 N–H and O–H groups in total. The minimum Gasteiger partial charge on any atom is -0.381 e. The fraction of sp³-hybridized carbons (Fsp3) is 0.762. The molecule has 0 amide bonds. The van der Waals surface area contributed by atoms with E-state index in [1.807, 2.05) is 4.68 Å². The summed E-state index contributed by atoms with van der Waals surface area (Å²) in [6.45, 7) is 2.56. The molecule has 2 saturated carbocycles. The van der Waals surface area contributed by atoms with Gasteiger partial charge in [-0.2, -0.15) is 5.10 Å². The van der Waals surface area contributed by atoms with Crippen molar-refractivity contribution in [2.75, 3.05) is 13.2 Å². The van der Waals surface area contributed by atoms with E-state index in [4.69, 9.17) is 4.74 Å². The molecular weight excluding hydrogens is 356 g/mol. The molecule has 3 heterocycles. The van der Waals surface area contributed by atoms with E-state index < -0.39 is 0 Å². The van der Waals surface area contributed by atoms with Gasteiger partial charge in [-0.3, -0.25) is 18.6 Å². The molecule has 0 bridgehead atoms. The molecule has 28 heavy (non-hydrogen) atoms. The lowest BCUT2D eigenvalue weighted by Gasteiger charge is -2.21. The SMILES string of the molecule is Cn1c(=O)n(CC2CCOC2)c(=O)c2c1cnn2CC1CC1C1CCCCC1. The fourth-order valence-electron chi connectivity index (χ4n) is 5.47. The number of aromatic nitrogens is 4. The maximum Gasteiger partial charge on any atom is 0.331 e. The molecule has 152 valence electrons. The van der Waals surface area contributed by atoms with Crippen molar-refractivity contribution in [2.24, 2.45) is 30.7 Å². The summed E-state index contributed by atoms with van der Waals surface area (Å²) in [5.74, 6) is 2.52. The zero-order valence-electron chi connectivity index (χ0n) is 16.7. The van der Waals surface area contributed by atoms with Crippen molar-refractivity contribution >= 4 is 11.0 Å². The van der Waals surface area contributed by atoms with Gasteiger partial charge >= 0.3 is 5.69 Å². The first-order valence-corrected chi connectivity index (χ1v) is 10.9. The second-order valence-corrected chi connectivity index (χ2v) is 9.11. The summed E-state index contributed by atoms with van der Waals surface area (Å²) in [6, 6.07) is 0. The molecule has 2 aliphatic carbocycles. The van der Waals surface area contributed by atoms with Gasteiger partial charge in [-0.25, -0.2) is 4.79 Å². The highest BCUT2D eigenvalue weighted by Crippen LogP contribution is 2.50. The Morgan fingerprint density at radius 2 is 1.96 bits per heavy atom. The second-order valence-electron chi connectivity index (χ2n) is 9.11. The summed E-state index contributed by atoms with van der Waals surface area (Å²) in [6.07, 6.45) is 10.7. The first-order valence-electron chi connectivity index (χ1n) is 10.9. The standard InChI is InChI=1S/C21H30N4O3/c1-23-18-10-22-25(12-16-9-17(16)15-5-3-2-4-6-15)19(18)20(26)24(21(23)27)11-14-7-8-28-13-14/h10,14-17H,2-9,11-13H2,1H3. The van der Waals surface area contributed by atoms with E-state index in [9.17, 15) is 9.59 Å². The van der Waals surface area contributed by atoms with E-state index in [0.29, 0.717) is 36.7 Å². The van der Waals surface area contributed by atoms with Crippen molar-refractivity contribution in [3.05, 3.63) is 27.0 Å². The van der Waals surface area contributed by atoms with Crippen LogP contribution in [0.2, 0.25) is 0 Å². The van der Waals surface area contributed by atoms with Crippen LogP contribution in [0.3, 0.4) is 0 Å². The zero-order valence-corrected chi connectivity index (χ0v) is 16.7. The van der Waals surface area contributed by atoms with Gasteiger partial charge in [0.1, 0.15) is 0 Å². The summed E-state index contributed by atoms with van der Waals surface area (Å²) < 4.78 is 10.3. The number of aryl methyl sites for hydroxylation is 1. The van der Waals surface area contributed by atoms with Gasteiger partial charge in [0, 0.05) is 32.7 Å². The van der Waals surface area contributed by atoms with Crippen molar-refractivity contribution in [1.82, 2.24) is 18.9 Å². The van der Waals surface area contributed by atoms with E-state index >= 15 is 0 Å². The van der Waals surface area contributed by atoms with Gasteiger partial charge < -0.3 is 4.74 Å². The summed E-state index contributed by atoms with van der Waals surface area (Å²) in [5.41, 5.74) is 0.770. The Balaban J connectivity index is 1.43. The summed E-state index contributed by atoms with van der Waals surface area (Å²) in [7, 11) is 1.74. The van der Waals surface area contributed by atoms with Crippen molar-refractivity contribution < 1.29 is 4.74 Å². The highest BCUT2D eigenvalue weighted by atomic mass is 16.5. The van der Waals surface area contributed by atoms with Crippen LogP contribution in [0.1, 0.15) is 44.9 Å². The highest BCUT2D eigenvalue weighted by molar-refractivity contribution is 5.73. The number of fused-ring (bicyclic) bond motifs is 1. The molecule has 3 aliphatic rings. The zero-order chi connectivity index (χ0) is 19.3. The molecule has 7 heteroatoms. The van der Waals surface area contributed by atoms with Gasteiger partial charge in [0.05, 0.1) is 18.3 Å². The van der Waals surface area contributed by atoms with E-state index in [-0.39, 0.29) is 17.2 Å².